The quantitative estimate of drug-likeness (QED) is 0.588. The van der Waals surface area contributed by atoms with Crippen LogP contribution < -0.4 is 10.6 Å². The first-order chi connectivity index (χ1) is 14.1. The molecule has 1 aliphatic heterocycles. The summed E-state index contributed by atoms with van der Waals surface area (Å²) in [5, 5.41) is 5.78. The summed E-state index contributed by atoms with van der Waals surface area (Å²) in [6, 6.07) is 16.8. The van der Waals surface area contributed by atoms with Gasteiger partial charge >= 0.3 is 0 Å². The molecule has 1 aliphatic rings. The highest BCUT2D eigenvalue weighted by Crippen LogP contribution is 2.16. The van der Waals surface area contributed by atoms with Crippen molar-refractivity contribution in [2.24, 2.45) is 0 Å². The smallest absolute Gasteiger partial charge is 0.253 e. The molecule has 0 bridgehead atoms. The average Bonchev–Trinajstić information content (AvgIpc) is 3.02. The maximum atomic E-state index is 12.8. The zero-order chi connectivity index (χ0) is 20.5. The van der Waals surface area contributed by atoms with Crippen LogP contribution in [0.25, 0.3) is 6.08 Å². The lowest BCUT2D eigenvalue weighted by Crippen LogP contribution is -2.33. The van der Waals surface area contributed by atoms with Gasteiger partial charge in [0.2, 0.25) is 5.91 Å². The number of benzene rings is 2. The lowest BCUT2D eigenvalue weighted by molar-refractivity contribution is -0.115. The van der Waals surface area contributed by atoms with Crippen LogP contribution in [0.4, 0.5) is 5.69 Å². The number of amides is 2. The second-order valence-electron chi connectivity index (χ2n) is 6.97. The van der Waals surface area contributed by atoms with Crippen LogP contribution in [0.2, 0.25) is 0 Å². The Balaban J connectivity index is 1.56. The first kappa shape index (κ1) is 20.7. The van der Waals surface area contributed by atoms with Crippen molar-refractivity contribution in [1.82, 2.24) is 10.2 Å². The number of carbonyl (C=O) groups excluding carboxylic acids is 2. The number of rotatable bonds is 4. The molecule has 2 aromatic carbocycles. The molecule has 1 saturated heterocycles. The zero-order valence-corrected chi connectivity index (χ0v) is 17.1. The molecule has 0 aromatic heterocycles. The molecule has 2 aromatic rings. The first-order valence-electron chi connectivity index (χ1n) is 9.86. The number of nitrogens with one attached hydrogen (secondary N) is 2. The summed E-state index contributed by atoms with van der Waals surface area (Å²) in [5.74, 6) is -0.278. The fraction of sp³-hybridized carbons (Fsp3) is 0.261. The van der Waals surface area contributed by atoms with Crippen molar-refractivity contribution < 1.29 is 9.59 Å². The molecule has 1 fully saturated rings. The largest absolute Gasteiger partial charge is 0.339 e. The molecular formula is C23H25N3O2S. The SMILES string of the molecule is O=C(/C=C/c1ccccc1)NC(=S)Nc1cccc(C(=O)N2CCCCCC2)c1. The molecule has 1 heterocycles. The fourth-order valence-corrected chi connectivity index (χ4v) is 3.46. The van der Waals surface area contributed by atoms with E-state index in [0.29, 0.717) is 11.3 Å². The van der Waals surface area contributed by atoms with E-state index in [4.69, 9.17) is 12.2 Å². The van der Waals surface area contributed by atoms with Crippen LogP contribution in [0.5, 0.6) is 0 Å². The Labute approximate surface area is 176 Å². The minimum Gasteiger partial charge on any atom is -0.339 e. The molecular weight excluding hydrogens is 382 g/mol. The van der Waals surface area contributed by atoms with Crippen molar-refractivity contribution in [2.45, 2.75) is 25.7 Å². The Morgan fingerprint density at radius 2 is 1.66 bits per heavy atom. The van der Waals surface area contributed by atoms with Gasteiger partial charge in [0.25, 0.3) is 5.91 Å². The normalized spacial score (nSPS) is 14.3. The number of hydrogen-bond acceptors (Lipinski definition) is 3. The Bertz CT molecular complexity index is 888. The van der Waals surface area contributed by atoms with Gasteiger partial charge in [-0.3, -0.25) is 14.9 Å². The summed E-state index contributed by atoms with van der Waals surface area (Å²) in [6.45, 7) is 1.61. The third kappa shape index (κ3) is 6.54. The van der Waals surface area contributed by atoms with Crippen molar-refractivity contribution in [3.63, 3.8) is 0 Å². The maximum absolute atomic E-state index is 12.8. The van der Waals surface area contributed by atoms with Crippen LogP contribution >= 0.6 is 12.2 Å². The van der Waals surface area contributed by atoms with Gasteiger partial charge in [0.1, 0.15) is 0 Å². The molecule has 5 nitrogen and oxygen atoms in total. The van der Waals surface area contributed by atoms with Crippen molar-refractivity contribution in [2.75, 3.05) is 18.4 Å². The highest BCUT2D eigenvalue weighted by Gasteiger charge is 2.17. The molecule has 0 aliphatic carbocycles. The molecule has 0 atom stereocenters. The van der Waals surface area contributed by atoms with E-state index in [1.54, 1.807) is 12.1 Å². The minimum atomic E-state index is -0.317. The summed E-state index contributed by atoms with van der Waals surface area (Å²) < 4.78 is 0. The molecule has 29 heavy (non-hydrogen) atoms. The zero-order valence-electron chi connectivity index (χ0n) is 16.3. The number of thiocarbonyl (C=S) groups is 1. The van der Waals surface area contributed by atoms with Gasteiger partial charge in [-0.1, -0.05) is 49.2 Å². The van der Waals surface area contributed by atoms with Crippen molar-refractivity contribution in [3.05, 3.63) is 71.8 Å². The van der Waals surface area contributed by atoms with E-state index < -0.39 is 0 Å². The predicted octanol–water partition coefficient (Wildman–Crippen LogP) is 4.23. The third-order valence-electron chi connectivity index (χ3n) is 4.72. The van der Waals surface area contributed by atoms with E-state index in [1.165, 1.54) is 18.9 Å². The Hall–Kier alpha value is -2.99. The molecule has 6 heteroatoms. The molecule has 0 saturated carbocycles. The van der Waals surface area contributed by atoms with Crippen LogP contribution in [0, 0.1) is 0 Å². The van der Waals surface area contributed by atoms with Gasteiger partial charge in [0.05, 0.1) is 0 Å². The number of likely N-dealkylation sites (tertiary alicyclic amines) is 1. The molecule has 3 rings (SSSR count). The Kier molecular flexibility index (Phi) is 7.53. The van der Waals surface area contributed by atoms with E-state index >= 15 is 0 Å². The highest BCUT2D eigenvalue weighted by atomic mass is 32.1. The first-order valence-corrected chi connectivity index (χ1v) is 10.3. The summed E-state index contributed by atoms with van der Waals surface area (Å²) >= 11 is 5.22. The van der Waals surface area contributed by atoms with Gasteiger partial charge in [-0.25, -0.2) is 0 Å². The second-order valence-corrected chi connectivity index (χ2v) is 7.38. The lowest BCUT2D eigenvalue weighted by Gasteiger charge is -2.20. The van der Waals surface area contributed by atoms with Gasteiger partial charge in [-0.05, 0) is 54.9 Å². The number of carbonyl (C=O) groups is 2. The highest BCUT2D eigenvalue weighted by molar-refractivity contribution is 7.80. The van der Waals surface area contributed by atoms with Crippen molar-refractivity contribution in [1.29, 1.82) is 0 Å². The van der Waals surface area contributed by atoms with Crippen LogP contribution in [0.1, 0.15) is 41.6 Å². The van der Waals surface area contributed by atoms with Gasteiger partial charge in [-0.15, -0.1) is 0 Å². The predicted molar refractivity (Wildman–Crippen MR) is 121 cm³/mol. The fourth-order valence-electron chi connectivity index (χ4n) is 3.24. The van der Waals surface area contributed by atoms with Gasteiger partial charge in [-0.2, -0.15) is 0 Å². The van der Waals surface area contributed by atoms with Gasteiger partial charge < -0.3 is 10.2 Å². The van der Waals surface area contributed by atoms with Crippen LogP contribution in [-0.4, -0.2) is 34.9 Å². The van der Waals surface area contributed by atoms with E-state index in [-0.39, 0.29) is 16.9 Å². The summed E-state index contributed by atoms with van der Waals surface area (Å²) in [4.78, 5) is 26.7. The number of nitrogens with zero attached hydrogens (tertiary/aromatic N) is 1. The van der Waals surface area contributed by atoms with Gasteiger partial charge in [0, 0.05) is 30.4 Å². The minimum absolute atomic E-state index is 0.0382. The monoisotopic (exact) mass is 407 g/mol. The standard InChI is InChI=1S/C23H25N3O2S/c27-21(14-13-18-9-4-3-5-10-18)25-23(29)24-20-12-8-11-19(17-20)22(28)26-15-6-1-2-7-16-26/h3-5,8-14,17H,1-2,6-7,15-16H2,(H2,24,25,27,29)/b14-13+. The lowest BCUT2D eigenvalue weighted by atomic mass is 10.1. The van der Waals surface area contributed by atoms with Gasteiger partial charge in [0.15, 0.2) is 5.11 Å². The summed E-state index contributed by atoms with van der Waals surface area (Å²) in [5.41, 5.74) is 2.22. The molecule has 2 amide bonds. The van der Waals surface area contributed by atoms with E-state index in [2.05, 4.69) is 10.6 Å². The summed E-state index contributed by atoms with van der Waals surface area (Å²) in [6.07, 6.45) is 7.61. The molecule has 0 radical (unpaired) electrons. The number of anilines is 1. The topological polar surface area (TPSA) is 61.4 Å². The number of hydrogen-bond donors (Lipinski definition) is 2. The van der Waals surface area contributed by atoms with Crippen molar-refractivity contribution >= 4 is 40.9 Å². The summed E-state index contributed by atoms with van der Waals surface area (Å²) in [7, 11) is 0. The maximum Gasteiger partial charge on any atom is 0.253 e. The second kappa shape index (κ2) is 10.5. The van der Waals surface area contributed by atoms with Crippen LogP contribution in [0.3, 0.4) is 0 Å². The molecule has 0 unspecified atom stereocenters. The van der Waals surface area contributed by atoms with Crippen molar-refractivity contribution in [3.8, 4) is 0 Å². The van der Waals surface area contributed by atoms with Crippen LogP contribution in [0.15, 0.2) is 60.7 Å². The Morgan fingerprint density at radius 3 is 2.38 bits per heavy atom. The Morgan fingerprint density at radius 1 is 0.931 bits per heavy atom. The third-order valence-corrected chi connectivity index (χ3v) is 4.93. The van der Waals surface area contributed by atoms with E-state index in [1.807, 2.05) is 53.4 Å². The van der Waals surface area contributed by atoms with E-state index in [0.717, 1.165) is 31.5 Å². The molecule has 0 spiro atoms. The van der Waals surface area contributed by atoms with Crippen LogP contribution in [-0.2, 0) is 4.79 Å². The molecule has 150 valence electrons. The van der Waals surface area contributed by atoms with E-state index in [9.17, 15) is 9.59 Å². The average molecular weight is 408 g/mol. The molecule has 2 N–H and O–H groups in total.